The lowest BCUT2D eigenvalue weighted by Crippen LogP contribution is -2.46. The van der Waals surface area contributed by atoms with Crippen LogP contribution >= 0.6 is 7.67 Å². The van der Waals surface area contributed by atoms with Crippen molar-refractivity contribution in [1.29, 1.82) is 0 Å². The van der Waals surface area contributed by atoms with Gasteiger partial charge in [0.05, 0.1) is 27.2 Å². The highest BCUT2D eigenvalue weighted by Crippen LogP contribution is 2.45. The van der Waals surface area contributed by atoms with Crippen molar-refractivity contribution >= 4 is 42.5 Å². The molecule has 0 amide bonds. The number of imidazole rings is 1. The van der Waals surface area contributed by atoms with Gasteiger partial charge in [-0.2, -0.15) is 9.97 Å². The number of ether oxygens (including phenoxy) is 3. The van der Waals surface area contributed by atoms with Crippen LogP contribution in [0.3, 0.4) is 0 Å². The van der Waals surface area contributed by atoms with Crippen LogP contribution in [0.1, 0.15) is 66.5 Å². The molecule has 4 rings (SSSR count). The van der Waals surface area contributed by atoms with E-state index in [-0.39, 0.29) is 42.3 Å². The van der Waals surface area contributed by atoms with Gasteiger partial charge in [0.25, 0.3) is 0 Å². The van der Waals surface area contributed by atoms with Gasteiger partial charge < -0.3 is 40.0 Å². The number of esters is 2. The molecule has 1 aliphatic carbocycles. The second kappa shape index (κ2) is 14.5. The van der Waals surface area contributed by atoms with E-state index in [4.69, 9.17) is 24.5 Å². The van der Waals surface area contributed by atoms with Crippen LogP contribution in [-0.2, 0) is 32.9 Å². The van der Waals surface area contributed by atoms with Crippen molar-refractivity contribution < 1.29 is 43.1 Å². The van der Waals surface area contributed by atoms with E-state index in [1.165, 1.54) is 32.0 Å². The Labute approximate surface area is 267 Å². The molecule has 3 heterocycles. The fourth-order valence-electron chi connectivity index (χ4n) is 5.34. The van der Waals surface area contributed by atoms with Crippen molar-refractivity contribution in [3.05, 3.63) is 6.33 Å². The lowest BCUT2D eigenvalue weighted by atomic mass is 9.96. The number of rotatable bonds is 16. The van der Waals surface area contributed by atoms with E-state index >= 15 is 0 Å². The van der Waals surface area contributed by atoms with E-state index in [9.17, 15) is 24.4 Å². The van der Waals surface area contributed by atoms with Gasteiger partial charge in [-0.25, -0.2) is 15.2 Å². The maximum Gasteiger partial charge on any atom is 0.342 e. The van der Waals surface area contributed by atoms with E-state index in [2.05, 4.69) is 30.4 Å². The standard InChI is InChI=1S/C28H47N8O9P/c1-14(2)10-17(24(38)42-6)34-46(41,35-18(11-15(3)4)25(39)43-7)44-12-19-21(37)28(5,40)26(45-19)36-13-30-20-22(31-16-8-9-16)32-27(29)33-23(20)36/h13-19,21,26,37,40H,8-12H2,1-7H3,(H2,34,35,41)(H3,29,31,32,33)/t17?,18?,19-,21?,26-,28?,46?/m1/s1. The number of hydrogen-bond acceptors (Lipinski definition) is 14. The summed E-state index contributed by atoms with van der Waals surface area (Å²) in [5.74, 6) is -0.935. The molecule has 17 nitrogen and oxygen atoms in total. The summed E-state index contributed by atoms with van der Waals surface area (Å²) in [4.78, 5) is 38.3. The molecule has 1 aliphatic heterocycles. The zero-order chi connectivity index (χ0) is 34.0. The first-order chi connectivity index (χ1) is 21.6. The quantitative estimate of drug-likeness (QED) is 0.110. The summed E-state index contributed by atoms with van der Waals surface area (Å²) in [7, 11) is -1.86. The Morgan fingerprint density at radius 3 is 2.17 bits per heavy atom. The molecule has 1 saturated carbocycles. The fraction of sp³-hybridized carbons (Fsp3) is 0.750. The Morgan fingerprint density at radius 2 is 1.67 bits per heavy atom. The second-order valence-electron chi connectivity index (χ2n) is 12.9. The normalized spacial score (nSPS) is 25.8. The van der Waals surface area contributed by atoms with Crippen molar-refractivity contribution in [2.45, 2.75) is 102 Å². The summed E-state index contributed by atoms with van der Waals surface area (Å²) in [5, 5.41) is 31.4. The number of nitrogen functional groups attached to an aromatic ring is 1. The maximum atomic E-state index is 14.4. The monoisotopic (exact) mass is 670 g/mol. The number of aliphatic hydroxyl groups excluding tert-OH is 1. The number of fused-ring (bicyclic) bond motifs is 1. The molecular weight excluding hydrogens is 623 g/mol. The first-order valence-electron chi connectivity index (χ1n) is 15.4. The highest BCUT2D eigenvalue weighted by Gasteiger charge is 2.54. The first kappa shape index (κ1) is 35.9. The molecule has 46 heavy (non-hydrogen) atoms. The molecule has 6 atom stereocenters. The van der Waals surface area contributed by atoms with Crippen LogP contribution in [0.25, 0.3) is 11.2 Å². The van der Waals surface area contributed by atoms with Crippen LogP contribution in [0.2, 0.25) is 0 Å². The number of anilines is 2. The molecule has 2 aliphatic rings. The molecule has 0 spiro atoms. The Kier molecular flexibility index (Phi) is 11.3. The van der Waals surface area contributed by atoms with E-state index in [1.807, 2.05) is 27.7 Å². The summed E-state index contributed by atoms with van der Waals surface area (Å²) in [5.41, 5.74) is 4.77. The average molecular weight is 671 g/mol. The number of hydrogen-bond donors (Lipinski definition) is 6. The van der Waals surface area contributed by atoms with Crippen molar-refractivity contribution in [3.8, 4) is 0 Å². The molecule has 2 aromatic heterocycles. The SMILES string of the molecule is COC(=O)C(CC(C)C)NP(=O)(NC(CC(C)C)C(=O)OC)OC[C@H]1O[C@@H](n2cnc3c(NC4CC4)nc(N)nc32)C(C)(O)C1O. The molecule has 1 saturated heterocycles. The number of carbonyl (C=O) groups excluding carboxylic acids is 2. The summed E-state index contributed by atoms with van der Waals surface area (Å²) < 4.78 is 37.7. The van der Waals surface area contributed by atoms with E-state index < -0.39 is 62.3 Å². The van der Waals surface area contributed by atoms with Gasteiger partial charge in [-0.3, -0.25) is 18.7 Å². The Hall–Kier alpha value is -2.92. The first-order valence-corrected chi connectivity index (χ1v) is 17.0. The number of carbonyl (C=O) groups is 2. The molecule has 0 aromatic carbocycles. The molecular formula is C28H47N8O9P. The Bertz CT molecular complexity index is 1400. The molecule has 2 fully saturated rings. The van der Waals surface area contributed by atoms with E-state index in [0.29, 0.717) is 11.3 Å². The van der Waals surface area contributed by atoms with Gasteiger partial charge in [0.1, 0.15) is 29.9 Å². The minimum Gasteiger partial charge on any atom is -0.468 e. The number of nitrogens with two attached hydrogens (primary N) is 1. The lowest BCUT2D eigenvalue weighted by molar-refractivity contribution is -0.143. The minimum absolute atomic E-state index is 0.00389. The van der Waals surface area contributed by atoms with Gasteiger partial charge in [-0.05, 0) is 44.4 Å². The van der Waals surface area contributed by atoms with Gasteiger partial charge in [0.2, 0.25) is 5.95 Å². The molecule has 18 heteroatoms. The minimum atomic E-state index is -4.28. The fourth-order valence-corrected chi connectivity index (χ4v) is 7.16. The summed E-state index contributed by atoms with van der Waals surface area (Å²) in [6.07, 6.45) is -0.106. The van der Waals surface area contributed by atoms with Gasteiger partial charge in [0, 0.05) is 6.04 Å². The Morgan fingerprint density at radius 1 is 1.11 bits per heavy atom. The predicted octanol–water partition coefficient (Wildman–Crippen LogP) is 1.47. The van der Waals surface area contributed by atoms with E-state index in [1.54, 1.807) is 0 Å². The van der Waals surface area contributed by atoms with Crippen LogP contribution in [0, 0.1) is 11.8 Å². The molecule has 7 N–H and O–H groups in total. The third-order valence-electron chi connectivity index (χ3n) is 7.82. The number of aromatic nitrogens is 4. The molecule has 2 aromatic rings. The van der Waals surface area contributed by atoms with Gasteiger partial charge >= 0.3 is 19.6 Å². The molecule has 0 radical (unpaired) electrons. The zero-order valence-electron chi connectivity index (χ0n) is 27.3. The highest BCUT2D eigenvalue weighted by molar-refractivity contribution is 7.54. The lowest BCUT2D eigenvalue weighted by Gasteiger charge is -2.30. The molecule has 4 unspecified atom stereocenters. The van der Waals surface area contributed by atoms with Crippen molar-refractivity contribution in [2.24, 2.45) is 11.8 Å². The van der Waals surface area contributed by atoms with Crippen molar-refractivity contribution in [2.75, 3.05) is 31.9 Å². The van der Waals surface area contributed by atoms with E-state index in [0.717, 1.165) is 12.8 Å². The third kappa shape index (κ3) is 8.32. The average Bonchev–Trinajstić information content (AvgIpc) is 3.65. The smallest absolute Gasteiger partial charge is 0.342 e. The topological polar surface area (TPSA) is 234 Å². The molecule has 258 valence electrons. The Balaban J connectivity index is 1.61. The summed E-state index contributed by atoms with van der Waals surface area (Å²) in [6.45, 7) is 8.36. The van der Waals surface area contributed by atoms with Gasteiger partial charge in [0.15, 0.2) is 23.2 Å². The second-order valence-corrected chi connectivity index (χ2v) is 14.8. The van der Waals surface area contributed by atoms with Gasteiger partial charge in [-0.15, -0.1) is 0 Å². The number of nitrogens with zero attached hydrogens (tertiary/aromatic N) is 4. The third-order valence-corrected chi connectivity index (χ3v) is 9.64. The van der Waals surface area contributed by atoms with Crippen molar-refractivity contribution in [1.82, 2.24) is 29.7 Å². The van der Waals surface area contributed by atoms with Crippen molar-refractivity contribution in [3.63, 3.8) is 0 Å². The number of aliphatic hydroxyl groups is 2. The maximum absolute atomic E-state index is 14.4. The van der Waals surface area contributed by atoms with Gasteiger partial charge in [-0.1, -0.05) is 27.7 Å². The highest BCUT2D eigenvalue weighted by atomic mass is 31.2. The van der Waals surface area contributed by atoms with Crippen LogP contribution < -0.4 is 21.2 Å². The number of nitrogens with one attached hydrogen (secondary N) is 3. The zero-order valence-corrected chi connectivity index (χ0v) is 28.2. The summed E-state index contributed by atoms with van der Waals surface area (Å²) >= 11 is 0. The van der Waals surface area contributed by atoms with Crippen LogP contribution in [0.15, 0.2) is 6.33 Å². The van der Waals surface area contributed by atoms with Crippen LogP contribution in [0.4, 0.5) is 11.8 Å². The molecule has 0 bridgehead atoms. The van der Waals surface area contributed by atoms with Crippen LogP contribution in [0.5, 0.6) is 0 Å². The largest absolute Gasteiger partial charge is 0.468 e. The predicted molar refractivity (Wildman–Crippen MR) is 167 cm³/mol. The summed E-state index contributed by atoms with van der Waals surface area (Å²) in [6, 6.07) is -1.87. The van der Waals surface area contributed by atoms with Crippen LogP contribution in [-0.4, -0.2) is 98.4 Å². The number of methoxy groups -OCH3 is 2.